The van der Waals surface area contributed by atoms with Crippen molar-refractivity contribution in [3.63, 3.8) is 0 Å². The Morgan fingerprint density at radius 3 is 2.58 bits per heavy atom. The van der Waals surface area contributed by atoms with E-state index in [0.717, 1.165) is 0 Å². The number of alkyl halides is 3. The molecule has 1 saturated heterocycles. The zero-order chi connectivity index (χ0) is 9.19. The van der Waals surface area contributed by atoms with E-state index in [4.69, 9.17) is 4.74 Å². The van der Waals surface area contributed by atoms with E-state index in [-0.39, 0.29) is 13.4 Å². The summed E-state index contributed by atoms with van der Waals surface area (Å²) in [5.41, 5.74) is -4.65. The van der Waals surface area contributed by atoms with Crippen molar-refractivity contribution in [2.75, 3.05) is 19.2 Å². The van der Waals surface area contributed by atoms with E-state index < -0.39 is 28.2 Å². The molecule has 0 spiro atoms. The Bertz CT molecular complexity index is 175. The van der Waals surface area contributed by atoms with E-state index >= 15 is 0 Å². The van der Waals surface area contributed by atoms with Crippen LogP contribution in [0.15, 0.2) is 0 Å². The van der Waals surface area contributed by atoms with Crippen LogP contribution in [0.2, 0.25) is 0 Å². The molecule has 0 aromatic carbocycles. The van der Waals surface area contributed by atoms with E-state index in [2.05, 4.69) is 4.74 Å². The molecule has 2 atom stereocenters. The lowest BCUT2D eigenvalue weighted by molar-refractivity contribution is -0.0393. The summed E-state index contributed by atoms with van der Waals surface area (Å²) in [4.78, 5) is 0. The van der Waals surface area contributed by atoms with E-state index in [1.54, 1.807) is 0 Å². The van der Waals surface area contributed by atoms with Gasteiger partial charge in [-0.25, -0.2) is 0 Å². The van der Waals surface area contributed by atoms with Crippen LogP contribution in [-0.4, -0.2) is 35.0 Å². The first-order valence-corrected chi connectivity index (χ1v) is 4.46. The van der Waals surface area contributed by atoms with Gasteiger partial charge < -0.3 is 9.47 Å². The van der Waals surface area contributed by atoms with Crippen LogP contribution in [0.3, 0.4) is 0 Å². The van der Waals surface area contributed by atoms with Crippen LogP contribution in [0, 0.1) is 0 Å². The predicted octanol–water partition coefficient (Wildman–Crippen LogP) is 0.628. The molecule has 0 N–H and O–H groups in total. The van der Waals surface area contributed by atoms with Crippen molar-refractivity contribution in [2.24, 2.45) is 0 Å². The largest absolute Gasteiger partial charge is 0.471 e. The van der Waals surface area contributed by atoms with Gasteiger partial charge in [0.25, 0.3) is 0 Å². The van der Waals surface area contributed by atoms with Gasteiger partial charge in [0.2, 0.25) is 0 Å². The number of hydrogen-bond acceptors (Lipinski definition) is 3. The van der Waals surface area contributed by atoms with E-state index in [0.29, 0.717) is 0 Å². The fourth-order valence-electron chi connectivity index (χ4n) is 0.732. The lowest BCUT2D eigenvalue weighted by atomic mass is 10.4. The van der Waals surface area contributed by atoms with Crippen molar-refractivity contribution < 1.29 is 26.9 Å². The molecule has 2 unspecified atom stereocenters. The molecule has 3 nitrogen and oxygen atoms in total. The third-order valence-corrected chi connectivity index (χ3v) is 2.48. The molecule has 7 heteroatoms. The highest BCUT2D eigenvalue weighted by Crippen LogP contribution is 2.21. The molecule has 1 fully saturated rings. The van der Waals surface area contributed by atoms with Gasteiger partial charge in [0.15, 0.2) is 0 Å². The number of hydrogen-bond donors (Lipinski definition) is 0. The van der Waals surface area contributed by atoms with Crippen molar-refractivity contribution in [1.82, 2.24) is 0 Å². The second-order valence-electron chi connectivity index (χ2n) is 2.24. The molecule has 12 heavy (non-hydrogen) atoms. The molecule has 0 aromatic rings. The second kappa shape index (κ2) is 3.71. The summed E-state index contributed by atoms with van der Waals surface area (Å²) >= 11 is 0. The number of halogens is 3. The van der Waals surface area contributed by atoms with Gasteiger partial charge in [0.05, 0.1) is 18.5 Å². The first kappa shape index (κ1) is 9.94. The first-order valence-electron chi connectivity index (χ1n) is 3.14. The lowest BCUT2D eigenvalue weighted by Crippen LogP contribution is -2.27. The SMILES string of the molecule is O=S(CC1COCO1)C(F)(F)F. The van der Waals surface area contributed by atoms with Crippen molar-refractivity contribution in [3.05, 3.63) is 0 Å². The maximum Gasteiger partial charge on any atom is 0.471 e. The highest BCUT2D eigenvalue weighted by molar-refractivity contribution is 7.85. The van der Waals surface area contributed by atoms with Crippen LogP contribution in [0.4, 0.5) is 13.2 Å². The highest BCUT2D eigenvalue weighted by Gasteiger charge is 2.38. The Kier molecular flexibility index (Phi) is 3.08. The monoisotopic (exact) mass is 204 g/mol. The van der Waals surface area contributed by atoms with Gasteiger partial charge in [-0.05, 0) is 0 Å². The second-order valence-corrected chi connectivity index (χ2v) is 3.72. The van der Waals surface area contributed by atoms with E-state index in [1.165, 1.54) is 0 Å². The molecule has 0 saturated carbocycles. The number of rotatable bonds is 2. The van der Waals surface area contributed by atoms with Gasteiger partial charge in [-0.2, -0.15) is 13.2 Å². The third kappa shape index (κ3) is 2.72. The average Bonchev–Trinajstić information content (AvgIpc) is 2.37. The fraction of sp³-hybridized carbons (Fsp3) is 1.00. The zero-order valence-electron chi connectivity index (χ0n) is 5.97. The smallest absolute Gasteiger partial charge is 0.353 e. The summed E-state index contributed by atoms with van der Waals surface area (Å²) in [6.45, 7) is 0.0710. The van der Waals surface area contributed by atoms with Gasteiger partial charge in [-0.15, -0.1) is 0 Å². The summed E-state index contributed by atoms with van der Waals surface area (Å²) in [7, 11) is -2.83. The standard InChI is InChI=1S/C5H7F3O3S/c6-5(7,8)12(9)2-4-1-10-3-11-4/h4H,1-3H2. The van der Waals surface area contributed by atoms with Gasteiger partial charge in [-0.1, -0.05) is 0 Å². The molecule has 0 amide bonds. The minimum atomic E-state index is -4.65. The number of ether oxygens (including phenoxy) is 2. The molecule has 72 valence electrons. The summed E-state index contributed by atoms with van der Waals surface area (Å²) in [6.07, 6.45) is -0.688. The molecule has 1 aliphatic rings. The highest BCUT2D eigenvalue weighted by atomic mass is 32.2. The Morgan fingerprint density at radius 1 is 1.50 bits per heavy atom. The Hall–Kier alpha value is -0.140. The van der Waals surface area contributed by atoms with Gasteiger partial charge >= 0.3 is 5.51 Å². The summed E-state index contributed by atoms with van der Waals surface area (Å²) in [6, 6.07) is 0. The third-order valence-electron chi connectivity index (χ3n) is 1.29. The normalized spacial score (nSPS) is 27.4. The predicted molar refractivity (Wildman–Crippen MR) is 34.8 cm³/mol. The minimum Gasteiger partial charge on any atom is -0.353 e. The molecular formula is C5H7F3O3S. The Morgan fingerprint density at radius 2 is 2.17 bits per heavy atom. The van der Waals surface area contributed by atoms with Crippen LogP contribution in [0.1, 0.15) is 0 Å². The Labute approximate surface area is 69.3 Å². The molecule has 0 aromatic heterocycles. The molecule has 1 heterocycles. The molecule has 0 bridgehead atoms. The quantitative estimate of drug-likeness (QED) is 0.661. The Balaban J connectivity index is 2.35. The van der Waals surface area contributed by atoms with Crippen LogP contribution in [0.25, 0.3) is 0 Å². The van der Waals surface area contributed by atoms with Gasteiger partial charge in [-0.3, -0.25) is 4.21 Å². The molecule has 1 aliphatic heterocycles. The zero-order valence-corrected chi connectivity index (χ0v) is 6.78. The lowest BCUT2D eigenvalue weighted by Gasteiger charge is -2.08. The maximum absolute atomic E-state index is 11.7. The molecule has 0 radical (unpaired) electrons. The molecular weight excluding hydrogens is 197 g/mol. The summed E-state index contributed by atoms with van der Waals surface area (Å²) in [5.74, 6) is -0.538. The van der Waals surface area contributed by atoms with Gasteiger partial charge in [0, 0.05) is 0 Å². The molecule has 1 rings (SSSR count). The fourth-order valence-corrected chi connectivity index (χ4v) is 1.45. The first-order chi connectivity index (χ1) is 5.50. The van der Waals surface area contributed by atoms with Crippen molar-refractivity contribution in [3.8, 4) is 0 Å². The van der Waals surface area contributed by atoms with E-state index in [1.807, 2.05) is 0 Å². The van der Waals surface area contributed by atoms with Crippen LogP contribution >= 0.6 is 0 Å². The topological polar surface area (TPSA) is 35.5 Å². The van der Waals surface area contributed by atoms with Crippen LogP contribution in [-0.2, 0) is 20.3 Å². The molecule has 0 aliphatic carbocycles. The maximum atomic E-state index is 11.7. The average molecular weight is 204 g/mol. The van der Waals surface area contributed by atoms with Crippen molar-refractivity contribution in [2.45, 2.75) is 11.6 Å². The van der Waals surface area contributed by atoms with Crippen molar-refractivity contribution in [1.29, 1.82) is 0 Å². The summed E-state index contributed by atoms with van der Waals surface area (Å²) in [5, 5.41) is 0. The van der Waals surface area contributed by atoms with Crippen LogP contribution < -0.4 is 0 Å². The van der Waals surface area contributed by atoms with Gasteiger partial charge in [0.1, 0.15) is 17.6 Å². The van der Waals surface area contributed by atoms with Crippen molar-refractivity contribution >= 4 is 10.8 Å². The minimum absolute atomic E-state index is 0.0142. The summed E-state index contributed by atoms with van der Waals surface area (Å²) < 4.78 is 54.9. The van der Waals surface area contributed by atoms with E-state index in [9.17, 15) is 17.4 Å². The van der Waals surface area contributed by atoms with Crippen LogP contribution in [0.5, 0.6) is 0 Å².